The maximum atomic E-state index is 13.9. The van der Waals surface area contributed by atoms with E-state index in [0.29, 0.717) is 17.2 Å². The Morgan fingerprint density at radius 1 is 1.11 bits per heavy atom. The van der Waals surface area contributed by atoms with Crippen molar-refractivity contribution in [2.75, 3.05) is 0 Å². The minimum atomic E-state index is -0.387. The van der Waals surface area contributed by atoms with E-state index in [1.807, 2.05) is 24.3 Å². The Kier molecular flexibility index (Phi) is 4.17. The first-order valence-corrected chi connectivity index (χ1v) is 6.37. The highest BCUT2D eigenvalue weighted by Gasteiger charge is 2.13. The summed E-state index contributed by atoms with van der Waals surface area (Å²) in [5, 5.41) is 0. The Morgan fingerprint density at radius 2 is 1.84 bits per heavy atom. The second-order valence-corrected chi connectivity index (χ2v) is 4.73. The molecule has 0 spiro atoms. The predicted molar refractivity (Wildman–Crippen MR) is 74.9 cm³/mol. The van der Waals surface area contributed by atoms with Gasteiger partial charge >= 0.3 is 0 Å². The van der Waals surface area contributed by atoms with Gasteiger partial charge in [0.05, 0.1) is 0 Å². The molecule has 0 aromatic heterocycles. The van der Waals surface area contributed by atoms with Crippen LogP contribution in [0.15, 0.2) is 42.5 Å². The first-order valence-electron chi connectivity index (χ1n) is 6.37. The molecular weight excluding hydrogens is 241 g/mol. The highest BCUT2D eigenvalue weighted by molar-refractivity contribution is 5.43. The molecular formula is C16H18FNO. The van der Waals surface area contributed by atoms with Gasteiger partial charge in [-0.05, 0) is 23.6 Å². The Labute approximate surface area is 113 Å². The molecule has 100 valence electrons. The van der Waals surface area contributed by atoms with Crippen LogP contribution in [0.1, 0.15) is 30.9 Å². The van der Waals surface area contributed by atoms with Gasteiger partial charge in [-0.15, -0.1) is 0 Å². The average molecular weight is 259 g/mol. The zero-order chi connectivity index (χ0) is 13.8. The van der Waals surface area contributed by atoms with Crippen LogP contribution >= 0.6 is 0 Å². The molecule has 0 saturated carbocycles. The number of rotatable bonds is 4. The Hall–Kier alpha value is -1.87. The molecule has 2 nitrogen and oxygen atoms in total. The van der Waals surface area contributed by atoms with Crippen molar-refractivity contribution in [3.8, 4) is 11.5 Å². The molecule has 0 amide bonds. The van der Waals surface area contributed by atoms with Gasteiger partial charge < -0.3 is 10.5 Å². The summed E-state index contributed by atoms with van der Waals surface area (Å²) < 4.78 is 19.6. The maximum Gasteiger partial charge on any atom is 0.167 e. The first kappa shape index (κ1) is 13.6. The van der Waals surface area contributed by atoms with Crippen LogP contribution in [0.5, 0.6) is 11.5 Å². The van der Waals surface area contributed by atoms with Crippen molar-refractivity contribution >= 4 is 0 Å². The van der Waals surface area contributed by atoms with Crippen LogP contribution in [0.2, 0.25) is 0 Å². The third kappa shape index (κ3) is 2.93. The van der Waals surface area contributed by atoms with E-state index in [0.717, 1.165) is 5.56 Å². The van der Waals surface area contributed by atoms with Crippen LogP contribution < -0.4 is 10.5 Å². The minimum Gasteiger partial charge on any atom is -0.454 e. The fourth-order valence-electron chi connectivity index (χ4n) is 1.99. The largest absolute Gasteiger partial charge is 0.454 e. The van der Waals surface area contributed by atoms with Gasteiger partial charge in [0.1, 0.15) is 5.75 Å². The van der Waals surface area contributed by atoms with Gasteiger partial charge in [-0.1, -0.05) is 44.2 Å². The summed E-state index contributed by atoms with van der Waals surface area (Å²) in [6.07, 6.45) is 0. The van der Waals surface area contributed by atoms with Gasteiger partial charge in [0.25, 0.3) is 0 Å². The molecule has 0 aliphatic carbocycles. The van der Waals surface area contributed by atoms with Crippen molar-refractivity contribution in [1.82, 2.24) is 0 Å². The van der Waals surface area contributed by atoms with E-state index in [-0.39, 0.29) is 18.1 Å². The lowest BCUT2D eigenvalue weighted by Gasteiger charge is -2.15. The summed E-state index contributed by atoms with van der Waals surface area (Å²) in [5.41, 5.74) is 7.34. The molecule has 0 heterocycles. The average Bonchev–Trinajstić information content (AvgIpc) is 2.41. The lowest BCUT2D eigenvalue weighted by atomic mass is 10.0. The summed E-state index contributed by atoms with van der Waals surface area (Å²) in [7, 11) is 0. The molecule has 2 aromatic rings. The molecule has 2 rings (SSSR count). The topological polar surface area (TPSA) is 35.2 Å². The van der Waals surface area contributed by atoms with E-state index in [4.69, 9.17) is 10.5 Å². The smallest absolute Gasteiger partial charge is 0.167 e. The van der Waals surface area contributed by atoms with Crippen LogP contribution in [0.4, 0.5) is 4.39 Å². The highest BCUT2D eigenvalue weighted by Crippen LogP contribution is 2.33. The van der Waals surface area contributed by atoms with Crippen molar-refractivity contribution in [2.45, 2.75) is 26.3 Å². The quantitative estimate of drug-likeness (QED) is 0.893. The molecule has 0 unspecified atom stereocenters. The number of para-hydroxylation sites is 2. The molecule has 0 saturated heterocycles. The van der Waals surface area contributed by atoms with E-state index >= 15 is 0 Å². The van der Waals surface area contributed by atoms with Crippen molar-refractivity contribution in [3.05, 3.63) is 59.4 Å². The number of nitrogens with two attached hydrogens (primary N) is 1. The Balaban J connectivity index is 2.42. The predicted octanol–water partition coefficient (Wildman–Crippen LogP) is 4.20. The summed E-state index contributed by atoms with van der Waals surface area (Å²) in [6.45, 7) is 4.40. The van der Waals surface area contributed by atoms with E-state index in [2.05, 4.69) is 13.8 Å². The number of hydrogen-bond donors (Lipinski definition) is 1. The number of ether oxygens (including phenoxy) is 1. The van der Waals surface area contributed by atoms with Crippen LogP contribution in [0.25, 0.3) is 0 Å². The molecule has 3 heteroatoms. The van der Waals surface area contributed by atoms with Crippen molar-refractivity contribution < 1.29 is 9.13 Å². The Bertz CT molecular complexity index is 566. The van der Waals surface area contributed by atoms with Crippen molar-refractivity contribution in [1.29, 1.82) is 0 Å². The highest BCUT2D eigenvalue weighted by atomic mass is 19.1. The summed E-state index contributed by atoms with van der Waals surface area (Å²) in [4.78, 5) is 0. The van der Waals surface area contributed by atoms with Crippen LogP contribution in [-0.2, 0) is 6.54 Å². The van der Waals surface area contributed by atoms with Crippen molar-refractivity contribution in [2.24, 2.45) is 5.73 Å². The normalized spacial score (nSPS) is 10.8. The second-order valence-electron chi connectivity index (χ2n) is 4.73. The zero-order valence-electron chi connectivity index (χ0n) is 11.2. The molecule has 0 bridgehead atoms. The van der Waals surface area contributed by atoms with E-state index < -0.39 is 0 Å². The minimum absolute atomic E-state index is 0.220. The lowest BCUT2D eigenvalue weighted by molar-refractivity contribution is 0.430. The summed E-state index contributed by atoms with van der Waals surface area (Å²) in [6, 6.07) is 12.5. The second kappa shape index (κ2) is 5.85. The summed E-state index contributed by atoms with van der Waals surface area (Å²) >= 11 is 0. The summed E-state index contributed by atoms with van der Waals surface area (Å²) in [5.74, 6) is 0.821. The van der Waals surface area contributed by atoms with Gasteiger partial charge in [0, 0.05) is 12.1 Å². The molecule has 0 fully saturated rings. The number of benzene rings is 2. The molecule has 19 heavy (non-hydrogen) atoms. The SMILES string of the molecule is CC(C)c1ccccc1Oc1c(F)cccc1CN. The molecule has 2 N–H and O–H groups in total. The van der Waals surface area contributed by atoms with Gasteiger partial charge in [-0.2, -0.15) is 0 Å². The number of hydrogen-bond acceptors (Lipinski definition) is 2. The van der Waals surface area contributed by atoms with Crippen LogP contribution in [0.3, 0.4) is 0 Å². The third-order valence-corrected chi connectivity index (χ3v) is 3.02. The molecule has 0 aliphatic rings. The number of halogens is 1. The molecule has 0 atom stereocenters. The molecule has 2 aromatic carbocycles. The fraction of sp³-hybridized carbons (Fsp3) is 0.250. The first-order chi connectivity index (χ1) is 9.13. The zero-order valence-corrected chi connectivity index (χ0v) is 11.2. The van der Waals surface area contributed by atoms with Crippen LogP contribution in [-0.4, -0.2) is 0 Å². The van der Waals surface area contributed by atoms with E-state index in [9.17, 15) is 4.39 Å². The van der Waals surface area contributed by atoms with E-state index in [1.54, 1.807) is 12.1 Å². The van der Waals surface area contributed by atoms with Gasteiger partial charge in [0.2, 0.25) is 0 Å². The van der Waals surface area contributed by atoms with E-state index in [1.165, 1.54) is 6.07 Å². The van der Waals surface area contributed by atoms with Crippen LogP contribution in [0, 0.1) is 5.82 Å². The Morgan fingerprint density at radius 3 is 2.53 bits per heavy atom. The van der Waals surface area contributed by atoms with Gasteiger partial charge in [0.15, 0.2) is 11.6 Å². The lowest BCUT2D eigenvalue weighted by Crippen LogP contribution is -2.02. The molecule has 0 radical (unpaired) electrons. The fourth-order valence-corrected chi connectivity index (χ4v) is 1.99. The monoisotopic (exact) mass is 259 g/mol. The van der Waals surface area contributed by atoms with Gasteiger partial charge in [-0.3, -0.25) is 0 Å². The molecule has 0 aliphatic heterocycles. The van der Waals surface area contributed by atoms with Crippen molar-refractivity contribution in [3.63, 3.8) is 0 Å². The van der Waals surface area contributed by atoms with Gasteiger partial charge in [-0.25, -0.2) is 4.39 Å². The third-order valence-electron chi connectivity index (χ3n) is 3.02. The standard InChI is InChI=1S/C16H18FNO/c1-11(2)13-7-3-4-9-15(13)19-16-12(10-18)6-5-8-14(16)17/h3-9,11H,10,18H2,1-2H3. The maximum absolute atomic E-state index is 13.9.